The second-order valence-corrected chi connectivity index (χ2v) is 8.21. The van der Waals surface area contributed by atoms with Gasteiger partial charge in [0.15, 0.2) is 0 Å². The van der Waals surface area contributed by atoms with Crippen molar-refractivity contribution in [3.63, 3.8) is 0 Å². The summed E-state index contributed by atoms with van der Waals surface area (Å²) in [5.41, 5.74) is 2.26. The summed E-state index contributed by atoms with van der Waals surface area (Å²) in [6.45, 7) is 5.65. The van der Waals surface area contributed by atoms with Crippen molar-refractivity contribution in [2.24, 2.45) is 0 Å². The molecule has 5 nitrogen and oxygen atoms in total. The summed E-state index contributed by atoms with van der Waals surface area (Å²) >= 11 is 0. The lowest BCUT2D eigenvalue weighted by Crippen LogP contribution is -2.29. The first-order chi connectivity index (χ1) is 12.4. The second kappa shape index (κ2) is 7.43. The quantitative estimate of drug-likeness (QED) is 0.718. The number of nitrogens with one attached hydrogen (secondary N) is 1. The molecule has 0 aliphatic carbocycles. The molecule has 0 saturated carbocycles. The molecule has 0 atom stereocenters. The average molecular weight is 369 g/mol. The molecule has 0 aliphatic rings. The minimum Gasteiger partial charge on any atom is -0.269 e. The highest BCUT2D eigenvalue weighted by Crippen LogP contribution is 2.25. The molecule has 2 aromatic carbocycles. The highest BCUT2D eigenvalue weighted by atomic mass is 32.2. The predicted octanol–water partition coefficient (Wildman–Crippen LogP) is 3.84. The first kappa shape index (κ1) is 18.4. The molecule has 1 aromatic heterocycles. The third kappa shape index (κ3) is 3.86. The summed E-state index contributed by atoms with van der Waals surface area (Å²) in [5.74, 6) is 0. The van der Waals surface area contributed by atoms with E-state index in [4.69, 9.17) is 0 Å². The molecule has 1 heterocycles. The number of benzene rings is 2. The minimum atomic E-state index is -3.73. The zero-order valence-electron chi connectivity index (χ0n) is 15.1. The van der Waals surface area contributed by atoms with Crippen LogP contribution in [0.5, 0.6) is 0 Å². The van der Waals surface area contributed by atoms with Gasteiger partial charge in [-0.25, -0.2) is 8.42 Å². The molecule has 0 spiro atoms. The lowest BCUT2D eigenvalue weighted by Gasteiger charge is -2.19. The molecule has 1 N–H and O–H groups in total. The van der Waals surface area contributed by atoms with Gasteiger partial charge in [0.2, 0.25) is 10.0 Å². The van der Waals surface area contributed by atoms with E-state index >= 15 is 0 Å². The Hall–Kier alpha value is -2.44. The van der Waals surface area contributed by atoms with Crippen LogP contribution in [-0.4, -0.2) is 18.2 Å². The number of sulfonamides is 1. The van der Waals surface area contributed by atoms with Gasteiger partial charge in [-0.2, -0.15) is 9.82 Å². The van der Waals surface area contributed by atoms with Crippen LogP contribution in [0.3, 0.4) is 0 Å². The Morgan fingerprint density at radius 1 is 0.923 bits per heavy atom. The third-order valence-electron chi connectivity index (χ3n) is 4.23. The standard InChI is InChI=1S/C20H23N3O2S/c1-15(2)23-14-19(16(3)21-23)26(24,25)22-20(17-10-6-4-7-11-17)18-12-8-5-9-13-18/h4-15,20,22H,1-3H3. The van der Waals surface area contributed by atoms with Crippen molar-refractivity contribution in [2.45, 2.75) is 37.8 Å². The fraction of sp³-hybridized carbons (Fsp3) is 0.250. The average Bonchev–Trinajstić information content (AvgIpc) is 3.04. The van der Waals surface area contributed by atoms with Gasteiger partial charge >= 0.3 is 0 Å². The smallest absolute Gasteiger partial charge is 0.244 e. The molecule has 3 rings (SSSR count). The number of nitrogens with zero attached hydrogens (tertiary/aromatic N) is 2. The van der Waals surface area contributed by atoms with Gasteiger partial charge in [0.25, 0.3) is 0 Å². The zero-order valence-corrected chi connectivity index (χ0v) is 15.9. The predicted molar refractivity (Wildman–Crippen MR) is 102 cm³/mol. The van der Waals surface area contributed by atoms with E-state index in [9.17, 15) is 8.42 Å². The van der Waals surface area contributed by atoms with E-state index in [0.717, 1.165) is 11.1 Å². The van der Waals surface area contributed by atoms with Crippen molar-refractivity contribution < 1.29 is 8.42 Å². The normalized spacial score (nSPS) is 12.0. The molecule has 0 radical (unpaired) electrons. The number of aryl methyl sites for hydroxylation is 1. The minimum absolute atomic E-state index is 0.0942. The van der Waals surface area contributed by atoms with Crippen molar-refractivity contribution in [2.75, 3.05) is 0 Å². The van der Waals surface area contributed by atoms with E-state index in [1.807, 2.05) is 74.5 Å². The molecule has 0 saturated heterocycles. The van der Waals surface area contributed by atoms with Crippen LogP contribution in [0, 0.1) is 6.92 Å². The van der Waals surface area contributed by atoms with Crippen LogP contribution in [0.2, 0.25) is 0 Å². The maximum absolute atomic E-state index is 13.1. The van der Waals surface area contributed by atoms with E-state index in [-0.39, 0.29) is 10.9 Å². The van der Waals surface area contributed by atoms with Crippen LogP contribution < -0.4 is 4.72 Å². The van der Waals surface area contributed by atoms with Crippen molar-refractivity contribution in [3.8, 4) is 0 Å². The fourth-order valence-corrected chi connectivity index (χ4v) is 4.22. The van der Waals surface area contributed by atoms with Gasteiger partial charge < -0.3 is 0 Å². The maximum atomic E-state index is 13.1. The van der Waals surface area contributed by atoms with Crippen molar-refractivity contribution in [3.05, 3.63) is 83.7 Å². The van der Waals surface area contributed by atoms with Gasteiger partial charge in [-0.3, -0.25) is 4.68 Å². The first-order valence-electron chi connectivity index (χ1n) is 8.56. The molecule has 0 fully saturated rings. The lowest BCUT2D eigenvalue weighted by atomic mass is 10.00. The van der Waals surface area contributed by atoms with Gasteiger partial charge in [0.1, 0.15) is 4.90 Å². The molecule has 0 amide bonds. The molecule has 6 heteroatoms. The SMILES string of the molecule is Cc1nn(C(C)C)cc1S(=O)(=O)NC(c1ccccc1)c1ccccc1. The highest BCUT2D eigenvalue weighted by molar-refractivity contribution is 7.89. The number of aromatic nitrogens is 2. The van der Waals surface area contributed by atoms with Crippen molar-refractivity contribution in [1.82, 2.24) is 14.5 Å². The first-order valence-corrected chi connectivity index (χ1v) is 10.0. The Balaban J connectivity index is 2.01. The van der Waals surface area contributed by atoms with E-state index in [1.165, 1.54) is 0 Å². The molecule has 3 aromatic rings. The van der Waals surface area contributed by atoms with Crippen LogP contribution >= 0.6 is 0 Å². The van der Waals surface area contributed by atoms with Crippen LogP contribution in [0.1, 0.15) is 42.8 Å². The van der Waals surface area contributed by atoms with Gasteiger partial charge in [0.05, 0.1) is 11.7 Å². The Labute approximate surface area is 154 Å². The Morgan fingerprint density at radius 2 is 1.42 bits per heavy atom. The van der Waals surface area contributed by atoms with E-state index in [1.54, 1.807) is 17.8 Å². The molecular weight excluding hydrogens is 346 g/mol. The van der Waals surface area contributed by atoms with Crippen molar-refractivity contribution >= 4 is 10.0 Å². The number of rotatable bonds is 6. The van der Waals surface area contributed by atoms with Crippen LogP contribution in [0.4, 0.5) is 0 Å². The maximum Gasteiger partial charge on any atom is 0.244 e. The molecule has 136 valence electrons. The summed E-state index contributed by atoms with van der Waals surface area (Å²) in [4.78, 5) is 0.211. The number of hydrogen-bond donors (Lipinski definition) is 1. The van der Waals surface area contributed by atoms with E-state index < -0.39 is 16.1 Å². The summed E-state index contributed by atoms with van der Waals surface area (Å²) < 4.78 is 30.7. The Morgan fingerprint density at radius 3 is 1.85 bits per heavy atom. The fourth-order valence-electron chi connectivity index (χ4n) is 2.83. The van der Waals surface area contributed by atoms with Gasteiger partial charge in [-0.1, -0.05) is 60.7 Å². The largest absolute Gasteiger partial charge is 0.269 e. The van der Waals surface area contributed by atoms with Gasteiger partial charge in [0, 0.05) is 12.2 Å². The summed E-state index contributed by atoms with van der Waals surface area (Å²) in [6, 6.07) is 18.8. The van der Waals surface area contributed by atoms with Crippen LogP contribution in [-0.2, 0) is 10.0 Å². The summed E-state index contributed by atoms with van der Waals surface area (Å²) in [5, 5.41) is 4.33. The zero-order chi connectivity index (χ0) is 18.7. The lowest BCUT2D eigenvalue weighted by molar-refractivity contribution is 0.528. The molecule has 26 heavy (non-hydrogen) atoms. The Kier molecular flexibility index (Phi) is 5.25. The third-order valence-corrected chi connectivity index (χ3v) is 5.75. The van der Waals surface area contributed by atoms with Crippen molar-refractivity contribution in [1.29, 1.82) is 0 Å². The van der Waals surface area contributed by atoms with Gasteiger partial charge in [-0.05, 0) is 31.9 Å². The monoisotopic (exact) mass is 369 g/mol. The highest BCUT2D eigenvalue weighted by Gasteiger charge is 2.26. The van der Waals surface area contributed by atoms with Crippen LogP contribution in [0.25, 0.3) is 0 Å². The summed E-state index contributed by atoms with van der Waals surface area (Å²) in [7, 11) is -3.73. The number of hydrogen-bond acceptors (Lipinski definition) is 3. The van der Waals surface area contributed by atoms with E-state index in [0.29, 0.717) is 5.69 Å². The summed E-state index contributed by atoms with van der Waals surface area (Å²) in [6.07, 6.45) is 1.59. The molecular formula is C20H23N3O2S. The molecule has 0 bridgehead atoms. The van der Waals surface area contributed by atoms with Gasteiger partial charge in [-0.15, -0.1) is 0 Å². The molecule has 0 aliphatic heterocycles. The Bertz CT molecular complexity index is 925. The second-order valence-electron chi connectivity index (χ2n) is 6.53. The van der Waals surface area contributed by atoms with Crippen LogP contribution in [0.15, 0.2) is 71.8 Å². The van der Waals surface area contributed by atoms with E-state index in [2.05, 4.69) is 9.82 Å². The molecule has 0 unspecified atom stereocenters. The topological polar surface area (TPSA) is 64.0 Å².